The normalized spacial score (nSPS) is 16.1. The van der Waals surface area contributed by atoms with Crippen LogP contribution in [0.3, 0.4) is 0 Å². The van der Waals surface area contributed by atoms with Gasteiger partial charge in [-0.2, -0.15) is 5.26 Å². The molecule has 26 heavy (non-hydrogen) atoms. The van der Waals surface area contributed by atoms with Crippen molar-refractivity contribution in [2.75, 3.05) is 5.32 Å². The molecule has 0 bridgehead atoms. The van der Waals surface area contributed by atoms with Crippen LogP contribution in [0.4, 0.5) is 5.00 Å². The van der Waals surface area contributed by atoms with Gasteiger partial charge in [0.1, 0.15) is 11.1 Å². The van der Waals surface area contributed by atoms with E-state index in [1.165, 1.54) is 4.88 Å². The Morgan fingerprint density at radius 2 is 2.04 bits per heavy atom. The molecule has 1 N–H and O–H groups in total. The topological polar surface area (TPSA) is 52.9 Å². The predicted octanol–water partition coefficient (Wildman–Crippen LogP) is 5.80. The zero-order valence-corrected chi connectivity index (χ0v) is 15.9. The van der Waals surface area contributed by atoms with Crippen molar-refractivity contribution >= 4 is 44.6 Å². The Balaban J connectivity index is 1.72. The summed E-state index contributed by atoms with van der Waals surface area (Å²) in [7, 11) is 0. The predicted molar refractivity (Wildman–Crippen MR) is 107 cm³/mol. The molecule has 1 amide bonds. The smallest absolute Gasteiger partial charge is 0.256 e. The van der Waals surface area contributed by atoms with E-state index in [2.05, 4.69) is 18.3 Å². The van der Waals surface area contributed by atoms with Gasteiger partial charge in [0, 0.05) is 20.8 Å². The fourth-order valence-electron chi connectivity index (χ4n) is 3.60. The highest BCUT2D eigenvalue weighted by molar-refractivity contribution is 7.16. The molecule has 4 rings (SSSR count). The average Bonchev–Trinajstić information content (AvgIpc) is 2.97. The summed E-state index contributed by atoms with van der Waals surface area (Å²) in [6, 6.07) is 13.4. The number of hydrogen-bond donors (Lipinski definition) is 1. The maximum absolute atomic E-state index is 12.9. The van der Waals surface area contributed by atoms with Crippen molar-refractivity contribution < 1.29 is 4.79 Å². The Morgan fingerprint density at radius 3 is 2.85 bits per heavy atom. The summed E-state index contributed by atoms with van der Waals surface area (Å²) in [6.45, 7) is 2.23. The van der Waals surface area contributed by atoms with Crippen LogP contribution in [0.25, 0.3) is 10.8 Å². The Bertz CT molecular complexity index is 1060. The minimum Gasteiger partial charge on any atom is -0.312 e. The van der Waals surface area contributed by atoms with Gasteiger partial charge in [0.05, 0.1) is 5.56 Å². The van der Waals surface area contributed by atoms with Gasteiger partial charge in [0.15, 0.2) is 0 Å². The Morgan fingerprint density at radius 1 is 1.27 bits per heavy atom. The molecule has 0 saturated carbocycles. The Labute approximate surface area is 161 Å². The molecule has 0 fully saturated rings. The first-order valence-electron chi connectivity index (χ1n) is 8.61. The Kier molecular flexibility index (Phi) is 4.44. The first-order chi connectivity index (χ1) is 12.6. The van der Waals surface area contributed by atoms with Crippen molar-refractivity contribution in [2.45, 2.75) is 26.2 Å². The summed E-state index contributed by atoms with van der Waals surface area (Å²) in [5.41, 5.74) is 2.31. The standard InChI is InChI=1S/C21H17ClN2OS/c1-12-8-9-15-17(11-23)21(26-19(15)10-12)24-20(25)16-6-2-5-14-13(16)4-3-7-18(14)22/h2-7,12H,8-10H2,1H3,(H,24,25)/t12-/m1/s1. The molecule has 3 aromatic rings. The van der Waals surface area contributed by atoms with Gasteiger partial charge in [-0.25, -0.2) is 0 Å². The second kappa shape index (κ2) is 6.75. The Hall–Kier alpha value is -2.35. The number of rotatable bonds is 2. The van der Waals surface area contributed by atoms with Crippen molar-refractivity contribution in [1.82, 2.24) is 0 Å². The van der Waals surface area contributed by atoms with Crippen LogP contribution in [0.15, 0.2) is 36.4 Å². The van der Waals surface area contributed by atoms with E-state index in [0.717, 1.165) is 35.6 Å². The van der Waals surface area contributed by atoms with E-state index in [1.54, 1.807) is 17.4 Å². The zero-order valence-electron chi connectivity index (χ0n) is 14.3. The summed E-state index contributed by atoms with van der Waals surface area (Å²) in [4.78, 5) is 14.2. The second-order valence-electron chi connectivity index (χ2n) is 6.76. The molecule has 0 saturated heterocycles. The van der Waals surface area contributed by atoms with Crippen LogP contribution in [0.1, 0.15) is 39.7 Å². The third-order valence-electron chi connectivity index (χ3n) is 4.96. The third kappa shape index (κ3) is 2.88. The number of fused-ring (bicyclic) bond motifs is 2. The molecule has 130 valence electrons. The monoisotopic (exact) mass is 380 g/mol. The quantitative estimate of drug-likeness (QED) is 0.610. The van der Waals surface area contributed by atoms with Crippen LogP contribution < -0.4 is 5.32 Å². The fraction of sp³-hybridized carbons (Fsp3) is 0.238. The average molecular weight is 381 g/mol. The van der Waals surface area contributed by atoms with Gasteiger partial charge in [0.25, 0.3) is 5.91 Å². The molecule has 0 spiro atoms. The van der Waals surface area contributed by atoms with Crippen LogP contribution >= 0.6 is 22.9 Å². The number of benzene rings is 2. The maximum atomic E-state index is 12.9. The molecule has 3 nitrogen and oxygen atoms in total. The molecular formula is C21H17ClN2OS. The van der Waals surface area contributed by atoms with Gasteiger partial charge < -0.3 is 5.32 Å². The van der Waals surface area contributed by atoms with E-state index in [1.807, 2.05) is 30.3 Å². The lowest BCUT2D eigenvalue weighted by atomic mass is 9.88. The van der Waals surface area contributed by atoms with Crippen LogP contribution in [-0.4, -0.2) is 5.91 Å². The van der Waals surface area contributed by atoms with Crippen LogP contribution in [0.5, 0.6) is 0 Å². The van der Waals surface area contributed by atoms with Crippen molar-refractivity contribution in [1.29, 1.82) is 5.26 Å². The largest absolute Gasteiger partial charge is 0.312 e. The van der Waals surface area contributed by atoms with Crippen LogP contribution in [-0.2, 0) is 12.8 Å². The molecule has 0 aliphatic heterocycles. The van der Waals surface area contributed by atoms with Gasteiger partial charge in [-0.05, 0) is 48.3 Å². The number of halogens is 1. The molecule has 0 radical (unpaired) electrons. The molecule has 1 aromatic heterocycles. The first kappa shape index (κ1) is 17.1. The molecule has 1 heterocycles. The van der Waals surface area contributed by atoms with E-state index in [4.69, 9.17) is 11.6 Å². The minimum atomic E-state index is -0.207. The van der Waals surface area contributed by atoms with Crippen molar-refractivity contribution in [2.24, 2.45) is 5.92 Å². The number of hydrogen-bond acceptors (Lipinski definition) is 3. The number of carbonyl (C=O) groups excluding carboxylic acids is 1. The number of thiophene rings is 1. The lowest BCUT2D eigenvalue weighted by molar-refractivity contribution is 0.102. The number of carbonyl (C=O) groups is 1. The van der Waals surface area contributed by atoms with Crippen LogP contribution in [0, 0.1) is 17.2 Å². The molecular weight excluding hydrogens is 364 g/mol. The van der Waals surface area contributed by atoms with E-state index in [0.29, 0.717) is 27.1 Å². The molecule has 5 heteroatoms. The van der Waals surface area contributed by atoms with E-state index in [-0.39, 0.29) is 5.91 Å². The van der Waals surface area contributed by atoms with E-state index >= 15 is 0 Å². The summed E-state index contributed by atoms with van der Waals surface area (Å²) < 4.78 is 0. The molecule has 1 aliphatic carbocycles. The number of nitrogens with one attached hydrogen (secondary N) is 1. The summed E-state index contributed by atoms with van der Waals surface area (Å²) in [6.07, 6.45) is 2.98. The second-order valence-corrected chi connectivity index (χ2v) is 8.27. The summed E-state index contributed by atoms with van der Waals surface area (Å²) in [5, 5.41) is 15.5. The zero-order chi connectivity index (χ0) is 18.3. The minimum absolute atomic E-state index is 0.207. The van der Waals surface area contributed by atoms with Gasteiger partial charge >= 0.3 is 0 Å². The number of nitriles is 1. The third-order valence-corrected chi connectivity index (χ3v) is 6.46. The molecule has 1 atom stereocenters. The van der Waals surface area contributed by atoms with Crippen molar-refractivity contribution in [3.8, 4) is 6.07 Å². The SMILES string of the molecule is C[C@@H]1CCc2c(sc(NC(=O)c3cccc4c(Cl)cccc34)c2C#N)C1. The first-order valence-corrected chi connectivity index (χ1v) is 9.81. The van der Waals surface area contributed by atoms with Gasteiger partial charge in [-0.1, -0.05) is 42.8 Å². The number of amides is 1. The molecule has 0 unspecified atom stereocenters. The molecule has 1 aliphatic rings. The van der Waals surface area contributed by atoms with Gasteiger partial charge in [0.2, 0.25) is 0 Å². The summed E-state index contributed by atoms with van der Waals surface area (Å²) >= 11 is 7.79. The van der Waals surface area contributed by atoms with Crippen molar-refractivity contribution in [3.63, 3.8) is 0 Å². The lowest BCUT2D eigenvalue weighted by Crippen LogP contribution is -2.12. The van der Waals surface area contributed by atoms with E-state index in [9.17, 15) is 10.1 Å². The summed E-state index contributed by atoms with van der Waals surface area (Å²) in [5.74, 6) is 0.414. The van der Waals surface area contributed by atoms with Gasteiger partial charge in [-0.3, -0.25) is 4.79 Å². The van der Waals surface area contributed by atoms with Crippen LogP contribution in [0.2, 0.25) is 5.02 Å². The lowest BCUT2D eigenvalue weighted by Gasteiger charge is -2.17. The van der Waals surface area contributed by atoms with E-state index < -0.39 is 0 Å². The molecule has 2 aromatic carbocycles. The van der Waals surface area contributed by atoms with Crippen molar-refractivity contribution in [3.05, 3.63) is 63.0 Å². The highest BCUT2D eigenvalue weighted by Gasteiger charge is 2.25. The maximum Gasteiger partial charge on any atom is 0.256 e. The number of nitrogens with zero attached hydrogens (tertiary/aromatic N) is 1. The van der Waals surface area contributed by atoms with Gasteiger partial charge in [-0.15, -0.1) is 11.3 Å². The highest BCUT2D eigenvalue weighted by Crippen LogP contribution is 2.39. The highest BCUT2D eigenvalue weighted by atomic mass is 35.5. The fourth-order valence-corrected chi connectivity index (χ4v) is 5.19. The number of anilines is 1.